The molecule has 2 aromatic carbocycles. The fourth-order valence-electron chi connectivity index (χ4n) is 3.17. The van der Waals surface area contributed by atoms with Gasteiger partial charge in [0.15, 0.2) is 11.5 Å². The predicted molar refractivity (Wildman–Crippen MR) is 116 cm³/mol. The van der Waals surface area contributed by atoms with Gasteiger partial charge in [0.05, 0.1) is 9.77 Å². The first-order valence-electron chi connectivity index (χ1n) is 9.49. The van der Waals surface area contributed by atoms with Gasteiger partial charge in [0, 0.05) is 6.54 Å². The van der Waals surface area contributed by atoms with E-state index in [-0.39, 0.29) is 28.5 Å². The first-order valence-corrected chi connectivity index (χ1v) is 11.9. The highest BCUT2D eigenvalue weighted by atomic mass is 32.2. The Morgan fingerprint density at radius 2 is 1.87 bits per heavy atom. The molecule has 3 heterocycles. The van der Waals surface area contributed by atoms with Gasteiger partial charge in [0.1, 0.15) is 0 Å². The number of hydrogen-bond donors (Lipinski definition) is 1. The van der Waals surface area contributed by atoms with E-state index < -0.39 is 9.84 Å². The molecule has 0 unspecified atom stereocenters. The van der Waals surface area contributed by atoms with E-state index in [1.54, 1.807) is 24.3 Å². The van der Waals surface area contributed by atoms with E-state index in [9.17, 15) is 8.42 Å². The van der Waals surface area contributed by atoms with Crippen LogP contribution in [0.1, 0.15) is 11.1 Å². The Morgan fingerprint density at radius 1 is 1.06 bits per heavy atom. The molecule has 0 spiro atoms. The molecule has 1 N–H and O–H groups in total. The SMILES string of the molecule is Cc1ccc(S(=O)(=O)c2nc(-c3cccs3)oc2NCc2ccc3c(c2)OCO3)cc1. The van der Waals surface area contributed by atoms with Crippen molar-refractivity contribution >= 4 is 27.1 Å². The molecular weight excluding hydrogens is 436 g/mol. The van der Waals surface area contributed by atoms with Crippen molar-refractivity contribution in [3.05, 3.63) is 71.1 Å². The molecule has 1 aliphatic rings. The summed E-state index contributed by atoms with van der Waals surface area (Å²) < 4.78 is 43.2. The second kappa shape index (κ2) is 7.75. The molecular formula is C22H18N2O5S2. The monoisotopic (exact) mass is 454 g/mol. The van der Waals surface area contributed by atoms with Gasteiger partial charge in [-0.2, -0.15) is 4.98 Å². The summed E-state index contributed by atoms with van der Waals surface area (Å²) >= 11 is 1.43. The van der Waals surface area contributed by atoms with Crippen molar-refractivity contribution in [2.24, 2.45) is 0 Å². The van der Waals surface area contributed by atoms with Crippen molar-refractivity contribution in [2.45, 2.75) is 23.4 Å². The van der Waals surface area contributed by atoms with Crippen LogP contribution in [0.5, 0.6) is 11.5 Å². The third-order valence-electron chi connectivity index (χ3n) is 4.80. The van der Waals surface area contributed by atoms with E-state index in [0.717, 1.165) is 16.0 Å². The number of sulfone groups is 1. The number of hydrogen-bond acceptors (Lipinski definition) is 8. The third kappa shape index (κ3) is 3.77. The lowest BCUT2D eigenvalue weighted by molar-refractivity contribution is 0.174. The zero-order chi connectivity index (χ0) is 21.4. The third-order valence-corrected chi connectivity index (χ3v) is 7.34. The lowest BCUT2D eigenvalue weighted by atomic mass is 10.2. The van der Waals surface area contributed by atoms with Crippen LogP contribution in [0.4, 0.5) is 5.88 Å². The molecule has 0 bridgehead atoms. The Balaban J connectivity index is 1.50. The highest BCUT2D eigenvalue weighted by Gasteiger charge is 2.29. The summed E-state index contributed by atoms with van der Waals surface area (Å²) in [4.78, 5) is 5.25. The molecule has 0 saturated heterocycles. The number of rotatable bonds is 6. The highest BCUT2D eigenvalue weighted by molar-refractivity contribution is 7.91. The number of aryl methyl sites for hydroxylation is 1. The van der Waals surface area contributed by atoms with Gasteiger partial charge in [-0.15, -0.1) is 11.3 Å². The number of oxazole rings is 1. The smallest absolute Gasteiger partial charge is 0.240 e. The second-order valence-electron chi connectivity index (χ2n) is 6.99. The zero-order valence-corrected chi connectivity index (χ0v) is 18.1. The Kier molecular flexibility index (Phi) is 4.91. The summed E-state index contributed by atoms with van der Waals surface area (Å²) in [6, 6.07) is 15.9. The molecule has 7 nitrogen and oxygen atoms in total. The normalized spacial score (nSPS) is 12.8. The number of anilines is 1. The van der Waals surface area contributed by atoms with E-state index in [2.05, 4.69) is 10.3 Å². The molecule has 4 aromatic rings. The average Bonchev–Trinajstić information content (AvgIpc) is 3.52. The Hall–Kier alpha value is -3.30. The van der Waals surface area contributed by atoms with Gasteiger partial charge in [-0.1, -0.05) is 29.8 Å². The molecule has 31 heavy (non-hydrogen) atoms. The lowest BCUT2D eigenvalue weighted by Crippen LogP contribution is -2.07. The molecule has 9 heteroatoms. The van der Waals surface area contributed by atoms with Gasteiger partial charge >= 0.3 is 0 Å². The van der Waals surface area contributed by atoms with Gasteiger partial charge in [-0.25, -0.2) is 8.42 Å². The summed E-state index contributed by atoms with van der Waals surface area (Å²) in [5, 5.41) is 4.83. The number of aromatic nitrogens is 1. The van der Waals surface area contributed by atoms with Gasteiger partial charge in [-0.3, -0.25) is 0 Å². The number of ether oxygens (including phenoxy) is 2. The zero-order valence-electron chi connectivity index (χ0n) is 16.5. The van der Waals surface area contributed by atoms with Crippen LogP contribution in [0.3, 0.4) is 0 Å². The minimum absolute atomic E-state index is 0.0987. The molecule has 0 fully saturated rings. The number of nitrogens with zero attached hydrogens (tertiary/aromatic N) is 1. The van der Waals surface area contributed by atoms with Crippen LogP contribution in [0, 0.1) is 6.92 Å². The predicted octanol–water partition coefficient (Wildman–Crippen LogP) is 4.89. The van der Waals surface area contributed by atoms with Crippen molar-refractivity contribution in [2.75, 3.05) is 12.1 Å². The number of fused-ring (bicyclic) bond motifs is 1. The minimum atomic E-state index is -3.88. The van der Waals surface area contributed by atoms with Crippen LogP contribution in [-0.4, -0.2) is 20.2 Å². The largest absolute Gasteiger partial charge is 0.454 e. The molecule has 0 atom stereocenters. The van der Waals surface area contributed by atoms with E-state index >= 15 is 0 Å². The highest BCUT2D eigenvalue weighted by Crippen LogP contribution is 2.35. The topological polar surface area (TPSA) is 90.7 Å². The van der Waals surface area contributed by atoms with E-state index in [4.69, 9.17) is 13.9 Å². The number of nitrogens with one attached hydrogen (secondary N) is 1. The standard InChI is InChI=1S/C22H18N2O5S2/c1-14-4-7-16(8-5-14)31(25,26)22-21(29-20(24-22)19-3-2-10-30-19)23-12-15-6-9-17-18(11-15)28-13-27-17/h2-11,23H,12-13H2,1H3. The molecule has 2 aromatic heterocycles. The van der Waals surface area contributed by atoms with E-state index in [1.807, 2.05) is 42.6 Å². The maximum Gasteiger partial charge on any atom is 0.240 e. The fraction of sp³-hybridized carbons (Fsp3) is 0.136. The summed E-state index contributed by atoms with van der Waals surface area (Å²) in [6.07, 6.45) is 0. The van der Waals surface area contributed by atoms with Crippen LogP contribution in [0.25, 0.3) is 10.8 Å². The Bertz CT molecular complexity index is 1330. The van der Waals surface area contributed by atoms with Crippen LogP contribution in [-0.2, 0) is 16.4 Å². The molecule has 0 aliphatic carbocycles. The summed E-state index contributed by atoms with van der Waals surface area (Å²) in [5.74, 6) is 1.70. The van der Waals surface area contributed by atoms with E-state index in [1.165, 1.54) is 11.3 Å². The first-order chi connectivity index (χ1) is 15.0. The Labute approximate surface area is 183 Å². The van der Waals surface area contributed by atoms with Crippen molar-refractivity contribution < 1.29 is 22.3 Å². The lowest BCUT2D eigenvalue weighted by Gasteiger charge is -2.07. The molecule has 0 saturated carbocycles. The number of benzene rings is 2. The van der Waals surface area contributed by atoms with Gasteiger partial charge in [0.2, 0.25) is 33.4 Å². The van der Waals surface area contributed by atoms with Crippen molar-refractivity contribution in [3.8, 4) is 22.3 Å². The molecule has 5 rings (SSSR count). The van der Waals surface area contributed by atoms with Gasteiger partial charge in [-0.05, 0) is 48.2 Å². The molecule has 0 amide bonds. The molecule has 158 valence electrons. The molecule has 1 aliphatic heterocycles. The maximum atomic E-state index is 13.3. The van der Waals surface area contributed by atoms with Crippen molar-refractivity contribution in [1.82, 2.24) is 4.98 Å². The van der Waals surface area contributed by atoms with Crippen molar-refractivity contribution in [1.29, 1.82) is 0 Å². The summed E-state index contributed by atoms with van der Waals surface area (Å²) in [6.45, 7) is 2.42. The van der Waals surface area contributed by atoms with Gasteiger partial charge in [0.25, 0.3) is 0 Å². The summed E-state index contributed by atoms with van der Waals surface area (Å²) in [5.41, 5.74) is 1.86. The van der Waals surface area contributed by atoms with Crippen LogP contribution >= 0.6 is 11.3 Å². The minimum Gasteiger partial charge on any atom is -0.454 e. The molecule has 0 radical (unpaired) electrons. The van der Waals surface area contributed by atoms with E-state index in [0.29, 0.717) is 18.0 Å². The fourth-order valence-corrected chi connectivity index (χ4v) is 5.10. The number of thiophene rings is 1. The van der Waals surface area contributed by atoms with Crippen LogP contribution in [0.2, 0.25) is 0 Å². The maximum absolute atomic E-state index is 13.3. The average molecular weight is 455 g/mol. The van der Waals surface area contributed by atoms with Crippen LogP contribution < -0.4 is 14.8 Å². The quantitative estimate of drug-likeness (QED) is 0.444. The van der Waals surface area contributed by atoms with Gasteiger partial charge < -0.3 is 19.2 Å². The second-order valence-corrected chi connectivity index (χ2v) is 9.80. The Morgan fingerprint density at radius 3 is 2.65 bits per heavy atom. The summed E-state index contributed by atoms with van der Waals surface area (Å²) in [7, 11) is -3.88. The van der Waals surface area contributed by atoms with Crippen LogP contribution in [0.15, 0.2) is 74.3 Å². The van der Waals surface area contributed by atoms with Crippen molar-refractivity contribution in [3.63, 3.8) is 0 Å². The first kappa shape index (κ1) is 19.7.